The fourth-order valence-corrected chi connectivity index (χ4v) is 4.81. The second kappa shape index (κ2) is 5.77. The second-order valence-electron chi connectivity index (χ2n) is 6.28. The third-order valence-electron chi connectivity index (χ3n) is 4.81. The van der Waals surface area contributed by atoms with Crippen LogP contribution in [0.3, 0.4) is 0 Å². The van der Waals surface area contributed by atoms with Gasteiger partial charge in [0.25, 0.3) is 5.91 Å². The lowest BCUT2D eigenvalue weighted by Gasteiger charge is -2.09. The number of aryl methyl sites for hydroxylation is 1. The summed E-state index contributed by atoms with van der Waals surface area (Å²) in [5.41, 5.74) is 5.92. The van der Waals surface area contributed by atoms with Gasteiger partial charge in [0.05, 0.1) is 17.0 Å². The molecular formula is C18H16Br2N2O2. The molecule has 4 rings (SSSR count). The highest BCUT2D eigenvalue weighted by atomic mass is 79.9. The molecule has 1 amide bonds. The van der Waals surface area contributed by atoms with Crippen LogP contribution >= 0.6 is 31.9 Å². The zero-order valence-electron chi connectivity index (χ0n) is 13.1. The van der Waals surface area contributed by atoms with Gasteiger partial charge in [0.15, 0.2) is 0 Å². The first-order valence-electron chi connectivity index (χ1n) is 7.92. The Hall–Kier alpha value is -1.53. The molecule has 0 bridgehead atoms. The molecule has 2 heterocycles. The first-order valence-corrected chi connectivity index (χ1v) is 9.50. The number of fused-ring (bicyclic) bond motifs is 2. The minimum Gasteiger partial charge on any atom is -0.505 e. The average molecular weight is 452 g/mol. The van der Waals surface area contributed by atoms with Gasteiger partial charge in [-0.25, -0.2) is 0 Å². The number of benzene rings is 1. The number of rotatable bonds is 1. The smallest absolute Gasteiger partial charge is 0.256 e. The highest BCUT2D eigenvalue weighted by Gasteiger charge is 2.30. The van der Waals surface area contributed by atoms with Crippen LogP contribution in [0.1, 0.15) is 40.9 Å². The van der Waals surface area contributed by atoms with Gasteiger partial charge >= 0.3 is 0 Å². The van der Waals surface area contributed by atoms with Crippen LogP contribution in [-0.4, -0.2) is 16.0 Å². The van der Waals surface area contributed by atoms with E-state index < -0.39 is 0 Å². The van der Waals surface area contributed by atoms with Crippen molar-refractivity contribution in [3.8, 4) is 5.75 Å². The van der Waals surface area contributed by atoms with Crippen LogP contribution in [0.25, 0.3) is 11.6 Å². The van der Waals surface area contributed by atoms with Gasteiger partial charge in [0, 0.05) is 25.8 Å². The molecule has 3 N–H and O–H groups in total. The van der Waals surface area contributed by atoms with Crippen LogP contribution in [0.5, 0.6) is 5.75 Å². The van der Waals surface area contributed by atoms with Crippen molar-refractivity contribution < 1.29 is 9.90 Å². The summed E-state index contributed by atoms with van der Waals surface area (Å²) in [5, 5.41) is 13.4. The standard InChI is InChI=1S/C18H16Br2N2O2/c1-8-11(19)7-12(20)16-15(8)10(18(24)22-16)6-14-17(23)9-4-2-3-5-13(9)21-14/h6-7,21,23H,2-5H2,1H3,(H,22,24). The van der Waals surface area contributed by atoms with Gasteiger partial charge in [-0.1, -0.05) is 15.9 Å². The molecule has 24 heavy (non-hydrogen) atoms. The van der Waals surface area contributed by atoms with Crippen molar-refractivity contribution in [2.45, 2.75) is 32.6 Å². The van der Waals surface area contributed by atoms with Gasteiger partial charge in [-0.2, -0.15) is 0 Å². The summed E-state index contributed by atoms with van der Waals surface area (Å²) < 4.78 is 1.77. The predicted octanol–water partition coefficient (Wildman–Crippen LogP) is 4.93. The van der Waals surface area contributed by atoms with Gasteiger partial charge in [0.2, 0.25) is 0 Å². The van der Waals surface area contributed by atoms with Crippen molar-refractivity contribution in [2.24, 2.45) is 0 Å². The van der Waals surface area contributed by atoms with Gasteiger partial charge < -0.3 is 15.4 Å². The largest absolute Gasteiger partial charge is 0.505 e. The zero-order valence-corrected chi connectivity index (χ0v) is 16.3. The van der Waals surface area contributed by atoms with Crippen LogP contribution in [0.15, 0.2) is 15.0 Å². The fourth-order valence-electron chi connectivity index (χ4n) is 3.55. The van der Waals surface area contributed by atoms with Gasteiger partial charge in [-0.3, -0.25) is 4.79 Å². The minimum atomic E-state index is -0.154. The number of H-pyrrole nitrogens is 1. The van der Waals surface area contributed by atoms with E-state index in [4.69, 9.17) is 0 Å². The lowest BCUT2D eigenvalue weighted by Crippen LogP contribution is -2.04. The molecule has 6 heteroatoms. The Morgan fingerprint density at radius 2 is 1.96 bits per heavy atom. The lowest BCUT2D eigenvalue weighted by atomic mass is 9.97. The number of halogens is 2. The molecule has 124 valence electrons. The quantitative estimate of drug-likeness (QED) is 0.538. The summed E-state index contributed by atoms with van der Waals surface area (Å²) in [5.74, 6) is 0.129. The van der Waals surface area contributed by atoms with Crippen LogP contribution in [0, 0.1) is 6.92 Å². The van der Waals surface area contributed by atoms with E-state index in [2.05, 4.69) is 42.2 Å². The molecule has 2 aliphatic rings. The van der Waals surface area contributed by atoms with E-state index >= 15 is 0 Å². The summed E-state index contributed by atoms with van der Waals surface area (Å²) in [6.07, 6.45) is 5.83. The fraction of sp³-hybridized carbons (Fsp3) is 0.278. The van der Waals surface area contributed by atoms with E-state index in [1.165, 1.54) is 0 Å². The molecule has 0 unspecified atom stereocenters. The number of anilines is 1. The number of aromatic hydroxyl groups is 1. The summed E-state index contributed by atoms with van der Waals surface area (Å²) in [7, 11) is 0. The second-order valence-corrected chi connectivity index (χ2v) is 7.99. The summed E-state index contributed by atoms with van der Waals surface area (Å²) in [4.78, 5) is 15.8. The molecule has 0 radical (unpaired) electrons. The maximum absolute atomic E-state index is 12.5. The van der Waals surface area contributed by atoms with E-state index in [1.807, 2.05) is 13.0 Å². The van der Waals surface area contributed by atoms with Gasteiger partial charge in [-0.05, 0) is 66.2 Å². The van der Waals surface area contributed by atoms with Crippen molar-refractivity contribution in [1.29, 1.82) is 0 Å². The zero-order chi connectivity index (χ0) is 17.0. The number of hydrogen-bond donors (Lipinski definition) is 3. The molecule has 0 spiro atoms. The molecule has 2 aromatic rings. The van der Waals surface area contributed by atoms with Crippen molar-refractivity contribution in [1.82, 2.24) is 4.98 Å². The van der Waals surface area contributed by atoms with E-state index in [-0.39, 0.29) is 11.7 Å². The number of amides is 1. The molecule has 1 aliphatic heterocycles. The Morgan fingerprint density at radius 3 is 2.71 bits per heavy atom. The third kappa shape index (κ3) is 2.35. The lowest BCUT2D eigenvalue weighted by molar-refractivity contribution is -0.110. The maximum atomic E-state index is 12.5. The molecule has 0 fully saturated rings. The van der Waals surface area contributed by atoms with Crippen LogP contribution in [0.2, 0.25) is 0 Å². The molecule has 1 aromatic carbocycles. The Balaban J connectivity index is 1.89. The molecule has 0 saturated carbocycles. The number of carbonyl (C=O) groups excluding carboxylic acids is 1. The Morgan fingerprint density at radius 1 is 1.21 bits per heavy atom. The van der Waals surface area contributed by atoms with Crippen molar-refractivity contribution in [3.05, 3.63) is 43.1 Å². The van der Waals surface area contributed by atoms with Gasteiger partial charge in [-0.15, -0.1) is 0 Å². The van der Waals surface area contributed by atoms with E-state index in [1.54, 1.807) is 6.08 Å². The highest BCUT2D eigenvalue weighted by molar-refractivity contribution is 9.11. The van der Waals surface area contributed by atoms with E-state index in [0.29, 0.717) is 11.3 Å². The van der Waals surface area contributed by atoms with Crippen LogP contribution < -0.4 is 5.32 Å². The van der Waals surface area contributed by atoms with E-state index in [9.17, 15) is 9.90 Å². The number of carbonyl (C=O) groups is 1. The Bertz CT molecular complexity index is 912. The molecule has 0 saturated heterocycles. The Labute approximate surface area is 156 Å². The molecule has 4 nitrogen and oxygen atoms in total. The SMILES string of the molecule is Cc1c(Br)cc(Br)c2c1C(=Cc1[nH]c3c(c1O)CCCC3)C(=O)N2. The predicted molar refractivity (Wildman–Crippen MR) is 102 cm³/mol. The number of aromatic amines is 1. The average Bonchev–Trinajstić information content (AvgIpc) is 3.05. The third-order valence-corrected chi connectivity index (χ3v) is 6.26. The normalized spacial score (nSPS) is 17.8. The Kier molecular flexibility index (Phi) is 3.84. The van der Waals surface area contributed by atoms with Crippen molar-refractivity contribution in [2.75, 3.05) is 5.32 Å². The molecule has 1 aliphatic carbocycles. The topological polar surface area (TPSA) is 65.1 Å². The first-order chi connectivity index (χ1) is 11.5. The molecule has 0 atom stereocenters. The molecule has 1 aromatic heterocycles. The highest BCUT2D eigenvalue weighted by Crippen LogP contribution is 2.44. The summed E-state index contributed by atoms with van der Waals surface area (Å²) in [6.45, 7) is 1.98. The first kappa shape index (κ1) is 16.0. The van der Waals surface area contributed by atoms with Crippen molar-refractivity contribution in [3.63, 3.8) is 0 Å². The number of nitrogens with one attached hydrogen (secondary N) is 2. The summed E-state index contributed by atoms with van der Waals surface area (Å²) in [6, 6.07) is 1.93. The molecular weight excluding hydrogens is 436 g/mol. The number of aromatic nitrogens is 1. The number of hydrogen-bond acceptors (Lipinski definition) is 2. The monoisotopic (exact) mass is 450 g/mol. The van der Waals surface area contributed by atoms with Crippen LogP contribution in [0.4, 0.5) is 5.69 Å². The minimum absolute atomic E-state index is 0.154. The van der Waals surface area contributed by atoms with E-state index in [0.717, 1.165) is 62.7 Å². The van der Waals surface area contributed by atoms with Crippen LogP contribution in [-0.2, 0) is 17.6 Å². The van der Waals surface area contributed by atoms with Gasteiger partial charge in [0.1, 0.15) is 5.75 Å². The summed E-state index contributed by atoms with van der Waals surface area (Å²) >= 11 is 7.04. The van der Waals surface area contributed by atoms with Crippen molar-refractivity contribution >= 4 is 55.1 Å². The maximum Gasteiger partial charge on any atom is 0.256 e.